The molecule has 0 unspecified atom stereocenters. The highest BCUT2D eigenvalue weighted by atomic mass is 32.2. The van der Waals surface area contributed by atoms with Crippen LogP contribution in [0.5, 0.6) is 5.75 Å². The van der Waals surface area contributed by atoms with E-state index in [9.17, 15) is 35.2 Å². The summed E-state index contributed by atoms with van der Waals surface area (Å²) >= 11 is 0. The van der Waals surface area contributed by atoms with E-state index in [-0.39, 0.29) is 35.7 Å². The largest absolute Gasteiger partial charge is 0.484 e. The van der Waals surface area contributed by atoms with E-state index in [2.05, 4.69) is 5.32 Å². The van der Waals surface area contributed by atoms with E-state index >= 15 is 0 Å². The molecule has 1 N–H and O–H groups in total. The second kappa shape index (κ2) is 11.2. The second-order valence-corrected chi connectivity index (χ2v) is 11.3. The Labute approximate surface area is 232 Å². The molecule has 1 atom stereocenters. The molecule has 2 aliphatic rings. The number of fused-ring (bicyclic) bond motifs is 1. The van der Waals surface area contributed by atoms with Gasteiger partial charge in [-0.05, 0) is 54.1 Å². The number of amides is 2. The fourth-order valence-electron chi connectivity index (χ4n) is 4.57. The highest BCUT2D eigenvalue weighted by Gasteiger charge is 2.37. The lowest BCUT2D eigenvalue weighted by Crippen LogP contribution is -2.52. The molecule has 0 aliphatic carbocycles. The first-order valence-electron chi connectivity index (χ1n) is 12.5. The Bertz CT molecular complexity index is 1560. The van der Waals surface area contributed by atoms with Crippen LogP contribution < -0.4 is 14.4 Å². The summed E-state index contributed by atoms with van der Waals surface area (Å²) in [6, 6.07) is 9.70. The summed E-state index contributed by atoms with van der Waals surface area (Å²) in [5, 5.41) is 2.69. The van der Waals surface area contributed by atoms with Crippen molar-refractivity contribution in [2.24, 2.45) is 0 Å². The Morgan fingerprint density at radius 1 is 1.00 bits per heavy atom. The SMILES string of the molecule is O=C(NC[C@H]1CN(S(=O)(=O)c2cccc(C(F)(F)F)c2)c2cc(-c3cc(F)ccc3F)ccc2O1)N1CCOCC1. The molecule has 41 heavy (non-hydrogen) atoms. The Kier molecular flexibility index (Phi) is 7.79. The number of nitrogens with zero attached hydrogens (tertiary/aromatic N) is 2. The number of rotatable bonds is 5. The van der Waals surface area contributed by atoms with Crippen LogP contribution in [-0.4, -0.2) is 64.8 Å². The van der Waals surface area contributed by atoms with Crippen molar-refractivity contribution in [2.75, 3.05) is 43.7 Å². The van der Waals surface area contributed by atoms with Crippen molar-refractivity contribution in [1.82, 2.24) is 10.2 Å². The second-order valence-electron chi connectivity index (χ2n) is 9.39. The van der Waals surface area contributed by atoms with E-state index < -0.39 is 50.4 Å². The predicted molar refractivity (Wildman–Crippen MR) is 138 cm³/mol. The fraction of sp³-hybridized carbons (Fsp3) is 0.296. The van der Waals surface area contributed by atoms with Crippen LogP contribution in [0.4, 0.5) is 32.4 Å². The standard InChI is InChI=1S/C27H24F5N3O5S/c28-19-5-6-23(29)22(14-19)17-4-7-25-24(12-17)35(41(37,38)21-3-1-2-18(13-21)27(30,31)32)16-20(40-25)15-33-26(36)34-8-10-39-11-9-34/h1-7,12-14,20H,8-11,15-16H2,(H,33,36)/t20-/m0/s1. The number of carbonyl (C=O) groups is 1. The number of benzene rings is 3. The number of ether oxygens (including phenoxy) is 2. The number of urea groups is 1. The molecule has 2 amide bonds. The Morgan fingerprint density at radius 3 is 2.49 bits per heavy atom. The van der Waals surface area contributed by atoms with Gasteiger partial charge >= 0.3 is 12.2 Å². The zero-order chi connectivity index (χ0) is 29.4. The Hall–Kier alpha value is -3.91. The first-order chi connectivity index (χ1) is 19.4. The van der Waals surface area contributed by atoms with E-state index in [4.69, 9.17) is 9.47 Å². The molecule has 1 saturated heterocycles. The van der Waals surface area contributed by atoms with Gasteiger partial charge in [0.1, 0.15) is 23.5 Å². The van der Waals surface area contributed by atoms with Gasteiger partial charge in [-0.15, -0.1) is 0 Å². The molecule has 0 bridgehead atoms. The van der Waals surface area contributed by atoms with Gasteiger partial charge in [0.05, 0.1) is 42.4 Å². The van der Waals surface area contributed by atoms with E-state index in [0.29, 0.717) is 32.4 Å². The fourth-order valence-corrected chi connectivity index (χ4v) is 6.12. The van der Waals surface area contributed by atoms with Gasteiger partial charge in [-0.1, -0.05) is 12.1 Å². The summed E-state index contributed by atoms with van der Waals surface area (Å²) in [6.45, 7) is 0.982. The molecule has 2 aliphatic heterocycles. The first kappa shape index (κ1) is 28.6. The van der Waals surface area contributed by atoms with Crippen molar-refractivity contribution < 1.29 is 44.6 Å². The molecule has 0 radical (unpaired) electrons. The van der Waals surface area contributed by atoms with Crippen LogP contribution in [0.25, 0.3) is 11.1 Å². The molecule has 3 aromatic rings. The van der Waals surface area contributed by atoms with Gasteiger partial charge in [0.2, 0.25) is 0 Å². The molecule has 0 saturated carbocycles. The number of nitrogens with one attached hydrogen (secondary N) is 1. The maximum absolute atomic E-state index is 14.5. The van der Waals surface area contributed by atoms with Crippen molar-refractivity contribution in [2.45, 2.75) is 17.2 Å². The maximum atomic E-state index is 14.5. The molecule has 8 nitrogen and oxygen atoms in total. The quantitative estimate of drug-likeness (QED) is 0.433. The van der Waals surface area contributed by atoms with Gasteiger partial charge < -0.3 is 19.7 Å². The number of anilines is 1. The minimum Gasteiger partial charge on any atom is -0.484 e. The van der Waals surface area contributed by atoms with Gasteiger partial charge in [-0.2, -0.15) is 13.2 Å². The monoisotopic (exact) mass is 597 g/mol. The highest BCUT2D eigenvalue weighted by molar-refractivity contribution is 7.92. The maximum Gasteiger partial charge on any atom is 0.416 e. The molecule has 0 spiro atoms. The molecule has 5 rings (SSSR count). The van der Waals surface area contributed by atoms with E-state index in [1.807, 2.05) is 0 Å². The summed E-state index contributed by atoms with van der Waals surface area (Å²) in [6.07, 6.45) is -5.71. The summed E-state index contributed by atoms with van der Waals surface area (Å²) in [7, 11) is -4.62. The number of carbonyl (C=O) groups excluding carboxylic acids is 1. The minimum atomic E-state index is -4.79. The van der Waals surface area contributed by atoms with E-state index in [1.165, 1.54) is 23.1 Å². The van der Waals surface area contributed by atoms with Gasteiger partial charge in [-0.25, -0.2) is 22.0 Å². The number of hydrogen-bond donors (Lipinski definition) is 1. The third kappa shape index (κ3) is 6.07. The Balaban J connectivity index is 1.51. The van der Waals surface area contributed by atoms with Crippen molar-refractivity contribution in [3.05, 3.63) is 77.9 Å². The summed E-state index contributed by atoms with van der Waals surface area (Å²) in [5.74, 6) is -1.46. The normalized spacial score (nSPS) is 17.5. The van der Waals surface area contributed by atoms with Crippen molar-refractivity contribution in [1.29, 1.82) is 0 Å². The topological polar surface area (TPSA) is 88.2 Å². The number of hydrogen-bond acceptors (Lipinski definition) is 5. The van der Waals surface area contributed by atoms with Crippen LogP contribution in [0, 0.1) is 11.6 Å². The number of morpholine rings is 1. The van der Waals surface area contributed by atoms with Crippen LogP contribution in [0.3, 0.4) is 0 Å². The minimum absolute atomic E-state index is 0.0259. The Morgan fingerprint density at radius 2 is 1.76 bits per heavy atom. The van der Waals surface area contributed by atoms with Gasteiger partial charge in [0.25, 0.3) is 10.0 Å². The smallest absolute Gasteiger partial charge is 0.416 e. The molecule has 3 aromatic carbocycles. The molecular formula is C27H24F5N3O5S. The van der Waals surface area contributed by atoms with Crippen LogP contribution in [-0.2, 0) is 20.9 Å². The van der Waals surface area contributed by atoms with E-state index in [1.54, 1.807) is 0 Å². The van der Waals surface area contributed by atoms with Crippen LogP contribution in [0.15, 0.2) is 65.6 Å². The predicted octanol–water partition coefficient (Wildman–Crippen LogP) is 4.65. The van der Waals surface area contributed by atoms with Crippen molar-refractivity contribution >= 4 is 21.7 Å². The summed E-state index contributed by atoms with van der Waals surface area (Å²) in [5.41, 5.74) is -1.27. The molecule has 218 valence electrons. The van der Waals surface area contributed by atoms with Crippen molar-refractivity contribution in [3.8, 4) is 16.9 Å². The molecular weight excluding hydrogens is 573 g/mol. The van der Waals surface area contributed by atoms with Crippen LogP contribution >= 0.6 is 0 Å². The van der Waals surface area contributed by atoms with Crippen molar-refractivity contribution in [3.63, 3.8) is 0 Å². The van der Waals surface area contributed by atoms with Gasteiger partial charge in [-0.3, -0.25) is 4.31 Å². The number of halogens is 5. The third-order valence-corrected chi connectivity index (χ3v) is 8.43. The molecule has 14 heteroatoms. The summed E-state index contributed by atoms with van der Waals surface area (Å²) < 4.78 is 108. The third-order valence-electron chi connectivity index (χ3n) is 6.66. The average molecular weight is 598 g/mol. The van der Waals surface area contributed by atoms with E-state index in [0.717, 1.165) is 40.7 Å². The van der Waals surface area contributed by atoms with Crippen LogP contribution in [0.1, 0.15) is 5.56 Å². The lowest BCUT2D eigenvalue weighted by molar-refractivity contribution is -0.137. The lowest BCUT2D eigenvalue weighted by atomic mass is 10.0. The lowest BCUT2D eigenvalue weighted by Gasteiger charge is -2.36. The van der Waals surface area contributed by atoms with Crippen LogP contribution in [0.2, 0.25) is 0 Å². The zero-order valence-corrected chi connectivity index (χ0v) is 22.1. The zero-order valence-electron chi connectivity index (χ0n) is 21.3. The van der Waals surface area contributed by atoms with Gasteiger partial charge in [0, 0.05) is 18.7 Å². The number of alkyl halides is 3. The highest BCUT2D eigenvalue weighted by Crippen LogP contribution is 2.41. The molecule has 2 heterocycles. The van der Waals surface area contributed by atoms with Gasteiger partial charge in [0.15, 0.2) is 0 Å². The summed E-state index contributed by atoms with van der Waals surface area (Å²) in [4.78, 5) is 13.5. The average Bonchev–Trinajstić information content (AvgIpc) is 2.96. The number of sulfonamides is 1. The first-order valence-corrected chi connectivity index (χ1v) is 13.9. The molecule has 0 aromatic heterocycles. The molecule has 1 fully saturated rings.